The summed E-state index contributed by atoms with van der Waals surface area (Å²) in [5, 5.41) is 7.37. The largest absolute Gasteiger partial charge is 0.456 e. The number of hydrogen-bond acceptors (Lipinski definition) is 2. The number of furan rings is 1. The SMILES string of the molecule is NCc1ccc(-c2cccc3oc4ccc(-c5ccc6c(ccc7ccccc76)c5)cc4c23)cc1. The van der Waals surface area contributed by atoms with E-state index in [9.17, 15) is 0 Å². The quantitative estimate of drug-likeness (QED) is 0.274. The van der Waals surface area contributed by atoms with Crippen molar-refractivity contribution in [2.75, 3.05) is 0 Å². The predicted molar refractivity (Wildman–Crippen MR) is 147 cm³/mol. The summed E-state index contributed by atoms with van der Waals surface area (Å²) in [4.78, 5) is 0. The second kappa shape index (κ2) is 7.83. The standard InChI is InChI=1S/C33H23NO/c34-20-21-8-10-23(11-9-21)29-6-3-7-32-33(29)30-19-25(15-17-31(30)35-32)24-14-16-28-26(18-24)13-12-22-4-1-2-5-27(22)28/h1-19H,20,34H2. The molecule has 35 heavy (non-hydrogen) atoms. The molecule has 0 fully saturated rings. The Morgan fingerprint density at radius 3 is 2.14 bits per heavy atom. The first-order chi connectivity index (χ1) is 17.3. The van der Waals surface area contributed by atoms with E-state index in [0.717, 1.165) is 27.5 Å². The molecule has 0 unspecified atom stereocenters. The van der Waals surface area contributed by atoms with Crippen molar-refractivity contribution in [1.82, 2.24) is 0 Å². The highest BCUT2D eigenvalue weighted by Crippen LogP contribution is 2.39. The van der Waals surface area contributed by atoms with Gasteiger partial charge in [0.25, 0.3) is 0 Å². The number of benzene rings is 6. The fraction of sp³-hybridized carbons (Fsp3) is 0.0303. The van der Waals surface area contributed by atoms with E-state index < -0.39 is 0 Å². The third kappa shape index (κ3) is 3.23. The Morgan fingerprint density at radius 1 is 0.514 bits per heavy atom. The molecule has 2 N–H and O–H groups in total. The number of hydrogen-bond donors (Lipinski definition) is 1. The topological polar surface area (TPSA) is 39.2 Å². The molecule has 6 aromatic carbocycles. The lowest BCUT2D eigenvalue weighted by Crippen LogP contribution is -1.95. The maximum absolute atomic E-state index is 6.25. The zero-order valence-electron chi connectivity index (χ0n) is 19.2. The minimum atomic E-state index is 0.546. The van der Waals surface area contributed by atoms with Crippen molar-refractivity contribution < 1.29 is 4.42 Å². The van der Waals surface area contributed by atoms with Crippen molar-refractivity contribution in [1.29, 1.82) is 0 Å². The van der Waals surface area contributed by atoms with Crippen LogP contribution in [-0.2, 0) is 6.54 Å². The summed E-state index contributed by atoms with van der Waals surface area (Å²) in [7, 11) is 0. The van der Waals surface area contributed by atoms with Crippen LogP contribution >= 0.6 is 0 Å². The van der Waals surface area contributed by atoms with Gasteiger partial charge in [-0.05, 0) is 73.6 Å². The van der Waals surface area contributed by atoms with Crippen molar-refractivity contribution in [2.45, 2.75) is 6.54 Å². The van der Waals surface area contributed by atoms with Crippen molar-refractivity contribution in [2.24, 2.45) is 5.73 Å². The van der Waals surface area contributed by atoms with Crippen LogP contribution in [0, 0.1) is 0 Å². The Kier molecular flexibility index (Phi) is 4.48. The first-order valence-corrected chi connectivity index (χ1v) is 11.9. The van der Waals surface area contributed by atoms with Crippen LogP contribution < -0.4 is 5.73 Å². The summed E-state index contributed by atoms with van der Waals surface area (Å²) >= 11 is 0. The summed E-state index contributed by atoms with van der Waals surface area (Å²) in [6, 6.07) is 41.0. The van der Waals surface area contributed by atoms with Crippen molar-refractivity contribution in [3.05, 3.63) is 121 Å². The number of rotatable bonds is 3. The molecule has 0 aliphatic heterocycles. The zero-order chi connectivity index (χ0) is 23.4. The summed E-state index contributed by atoms with van der Waals surface area (Å²) < 4.78 is 6.25. The van der Waals surface area contributed by atoms with Gasteiger partial charge in [-0.3, -0.25) is 0 Å². The molecule has 166 valence electrons. The van der Waals surface area contributed by atoms with Gasteiger partial charge >= 0.3 is 0 Å². The van der Waals surface area contributed by atoms with Gasteiger partial charge in [-0.1, -0.05) is 91.0 Å². The van der Waals surface area contributed by atoms with Gasteiger partial charge in [-0.25, -0.2) is 0 Å². The third-order valence-corrected chi connectivity index (χ3v) is 7.07. The van der Waals surface area contributed by atoms with E-state index in [0.29, 0.717) is 6.54 Å². The molecule has 7 aromatic rings. The van der Waals surface area contributed by atoms with Crippen LogP contribution in [0.2, 0.25) is 0 Å². The second-order valence-electron chi connectivity index (χ2n) is 9.12. The first kappa shape index (κ1) is 20.0. The maximum atomic E-state index is 6.25. The molecule has 0 saturated heterocycles. The molecular weight excluding hydrogens is 426 g/mol. The van der Waals surface area contributed by atoms with Gasteiger partial charge in [0, 0.05) is 17.3 Å². The van der Waals surface area contributed by atoms with E-state index in [-0.39, 0.29) is 0 Å². The molecule has 1 heterocycles. The van der Waals surface area contributed by atoms with E-state index in [2.05, 4.69) is 109 Å². The van der Waals surface area contributed by atoms with Gasteiger partial charge in [0.2, 0.25) is 0 Å². The molecule has 7 rings (SSSR count). The fourth-order valence-electron chi connectivity index (χ4n) is 5.26. The van der Waals surface area contributed by atoms with Crippen LogP contribution in [0.15, 0.2) is 120 Å². The lowest BCUT2D eigenvalue weighted by Gasteiger charge is -2.08. The Bertz CT molecular complexity index is 1880. The lowest BCUT2D eigenvalue weighted by molar-refractivity contribution is 0.669. The third-order valence-electron chi connectivity index (χ3n) is 7.07. The van der Waals surface area contributed by atoms with Gasteiger partial charge in [-0.15, -0.1) is 0 Å². The monoisotopic (exact) mass is 449 g/mol. The Labute approximate surface area is 203 Å². The maximum Gasteiger partial charge on any atom is 0.136 e. The van der Waals surface area contributed by atoms with Gasteiger partial charge in [0.1, 0.15) is 11.2 Å². The first-order valence-electron chi connectivity index (χ1n) is 11.9. The van der Waals surface area contributed by atoms with Crippen LogP contribution in [0.5, 0.6) is 0 Å². The highest BCUT2D eigenvalue weighted by Gasteiger charge is 2.14. The van der Waals surface area contributed by atoms with Gasteiger partial charge in [-0.2, -0.15) is 0 Å². The summed E-state index contributed by atoms with van der Waals surface area (Å²) in [5.41, 5.74) is 13.5. The van der Waals surface area contributed by atoms with Gasteiger partial charge < -0.3 is 10.2 Å². The normalized spacial score (nSPS) is 11.7. The smallest absolute Gasteiger partial charge is 0.136 e. The zero-order valence-corrected chi connectivity index (χ0v) is 19.2. The molecule has 1 aromatic heterocycles. The van der Waals surface area contributed by atoms with Crippen molar-refractivity contribution in [3.8, 4) is 22.3 Å². The average molecular weight is 450 g/mol. The molecular formula is C33H23NO. The molecule has 0 saturated carbocycles. The molecule has 0 bridgehead atoms. The fourth-order valence-corrected chi connectivity index (χ4v) is 5.26. The second-order valence-corrected chi connectivity index (χ2v) is 9.12. The summed E-state index contributed by atoms with van der Waals surface area (Å²) in [6.07, 6.45) is 0. The highest BCUT2D eigenvalue weighted by molar-refractivity contribution is 6.14. The molecule has 0 radical (unpaired) electrons. The van der Waals surface area contributed by atoms with Crippen LogP contribution in [0.3, 0.4) is 0 Å². The van der Waals surface area contributed by atoms with Gasteiger partial charge in [0.15, 0.2) is 0 Å². The summed E-state index contributed by atoms with van der Waals surface area (Å²) in [6.45, 7) is 0.546. The van der Waals surface area contributed by atoms with Gasteiger partial charge in [0.05, 0.1) is 0 Å². The van der Waals surface area contributed by atoms with Crippen molar-refractivity contribution in [3.63, 3.8) is 0 Å². The Morgan fingerprint density at radius 2 is 1.26 bits per heavy atom. The highest BCUT2D eigenvalue weighted by atomic mass is 16.3. The molecule has 0 atom stereocenters. The van der Waals surface area contributed by atoms with Crippen LogP contribution in [0.4, 0.5) is 0 Å². The molecule has 0 aliphatic rings. The average Bonchev–Trinajstić information content (AvgIpc) is 3.31. The Hall–Kier alpha value is -4.40. The minimum Gasteiger partial charge on any atom is -0.456 e. The molecule has 2 nitrogen and oxygen atoms in total. The summed E-state index contributed by atoms with van der Waals surface area (Å²) in [5.74, 6) is 0. The van der Waals surface area contributed by atoms with E-state index in [1.54, 1.807) is 0 Å². The van der Waals surface area contributed by atoms with E-state index in [4.69, 9.17) is 10.2 Å². The van der Waals surface area contributed by atoms with E-state index >= 15 is 0 Å². The number of nitrogens with two attached hydrogens (primary N) is 1. The van der Waals surface area contributed by atoms with Crippen molar-refractivity contribution >= 4 is 43.5 Å². The predicted octanol–water partition coefficient (Wildman–Crippen LogP) is 8.69. The lowest BCUT2D eigenvalue weighted by atomic mass is 9.95. The minimum absolute atomic E-state index is 0.546. The van der Waals surface area contributed by atoms with Crippen LogP contribution in [-0.4, -0.2) is 0 Å². The molecule has 0 spiro atoms. The molecule has 0 amide bonds. The van der Waals surface area contributed by atoms with E-state index in [1.165, 1.54) is 43.8 Å². The molecule has 0 aliphatic carbocycles. The molecule has 2 heteroatoms. The Balaban J connectivity index is 1.41. The number of fused-ring (bicyclic) bond motifs is 6. The van der Waals surface area contributed by atoms with E-state index in [1.807, 2.05) is 6.07 Å². The van der Waals surface area contributed by atoms with Crippen LogP contribution in [0.1, 0.15) is 5.56 Å². The van der Waals surface area contributed by atoms with Crippen LogP contribution in [0.25, 0.3) is 65.7 Å².